The number of benzene rings is 1. The molecule has 0 saturated carbocycles. The number of fused-ring (bicyclic) bond motifs is 1. The number of hydrogen-bond acceptors (Lipinski definition) is 1. The van der Waals surface area contributed by atoms with E-state index in [2.05, 4.69) is 20.8 Å². The normalized spacial score (nSPS) is 24.8. The largest absolute Gasteiger partial charge is 0.493 e. The molecule has 0 aromatic heterocycles. The van der Waals surface area contributed by atoms with Crippen molar-refractivity contribution in [2.24, 2.45) is 5.92 Å². The van der Waals surface area contributed by atoms with Gasteiger partial charge in [0, 0.05) is 5.56 Å². The second-order valence-corrected chi connectivity index (χ2v) is 5.16. The maximum atomic E-state index is 13.4. The van der Waals surface area contributed by atoms with Crippen molar-refractivity contribution >= 4 is 0 Å². The summed E-state index contributed by atoms with van der Waals surface area (Å²) in [6.07, 6.45) is 2.09. The summed E-state index contributed by atoms with van der Waals surface area (Å²) in [5, 5.41) is 0. The molecule has 88 valence electrons. The molecule has 0 amide bonds. The Morgan fingerprint density at radius 1 is 1.38 bits per heavy atom. The van der Waals surface area contributed by atoms with Crippen molar-refractivity contribution in [3.8, 4) is 5.75 Å². The molecule has 1 heterocycles. The highest BCUT2D eigenvalue weighted by Crippen LogP contribution is 2.43. The Morgan fingerprint density at radius 3 is 2.81 bits per heavy atom. The molecule has 0 N–H and O–H groups in total. The quantitative estimate of drug-likeness (QED) is 0.700. The van der Waals surface area contributed by atoms with Crippen molar-refractivity contribution in [2.45, 2.75) is 39.0 Å². The third kappa shape index (κ3) is 1.81. The molecule has 1 nitrogen and oxygen atoms in total. The van der Waals surface area contributed by atoms with E-state index in [0.717, 1.165) is 30.8 Å². The summed E-state index contributed by atoms with van der Waals surface area (Å²) in [6, 6.07) is 4.88. The fraction of sp³-hybridized carbons (Fsp3) is 0.571. The highest BCUT2D eigenvalue weighted by Gasteiger charge is 2.34. The van der Waals surface area contributed by atoms with Crippen LogP contribution >= 0.6 is 0 Å². The van der Waals surface area contributed by atoms with Crippen LogP contribution in [-0.4, -0.2) is 6.61 Å². The van der Waals surface area contributed by atoms with Gasteiger partial charge in [-0.1, -0.05) is 20.8 Å². The minimum atomic E-state index is -0.170. The van der Waals surface area contributed by atoms with Gasteiger partial charge in [0.2, 0.25) is 0 Å². The van der Waals surface area contributed by atoms with Crippen LogP contribution in [0.1, 0.15) is 39.2 Å². The van der Waals surface area contributed by atoms with E-state index in [-0.39, 0.29) is 11.2 Å². The maximum absolute atomic E-state index is 13.4. The molecule has 1 aliphatic rings. The molecule has 16 heavy (non-hydrogen) atoms. The van der Waals surface area contributed by atoms with E-state index in [0.29, 0.717) is 5.92 Å². The van der Waals surface area contributed by atoms with E-state index in [4.69, 9.17) is 4.74 Å². The van der Waals surface area contributed by atoms with Gasteiger partial charge in [0.25, 0.3) is 0 Å². The third-order valence-electron chi connectivity index (χ3n) is 3.93. The summed E-state index contributed by atoms with van der Waals surface area (Å²) in [4.78, 5) is 0. The van der Waals surface area contributed by atoms with Crippen molar-refractivity contribution < 1.29 is 9.13 Å². The van der Waals surface area contributed by atoms with Crippen LogP contribution in [0.4, 0.5) is 4.39 Å². The van der Waals surface area contributed by atoms with Gasteiger partial charge in [0.1, 0.15) is 11.6 Å². The summed E-state index contributed by atoms with van der Waals surface area (Å²) in [5.74, 6) is 1.17. The number of hydrogen-bond donors (Lipinski definition) is 0. The summed E-state index contributed by atoms with van der Waals surface area (Å²) >= 11 is 0. The van der Waals surface area contributed by atoms with Crippen LogP contribution in [0.5, 0.6) is 5.75 Å². The fourth-order valence-electron chi connectivity index (χ4n) is 2.43. The zero-order valence-corrected chi connectivity index (χ0v) is 10.2. The lowest BCUT2D eigenvalue weighted by molar-refractivity contribution is 0.293. The third-order valence-corrected chi connectivity index (χ3v) is 3.93. The van der Waals surface area contributed by atoms with E-state index >= 15 is 0 Å². The van der Waals surface area contributed by atoms with E-state index in [1.165, 1.54) is 6.07 Å². The molecule has 2 rings (SSSR count). The van der Waals surface area contributed by atoms with Gasteiger partial charge >= 0.3 is 0 Å². The monoisotopic (exact) mass is 222 g/mol. The van der Waals surface area contributed by atoms with Crippen LogP contribution in [0.25, 0.3) is 0 Å². The first kappa shape index (κ1) is 11.4. The van der Waals surface area contributed by atoms with E-state index < -0.39 is 0 Å². The molecule has 1 aliphatic heterocycles. The summed E-state index contributed by atoms with van der Waals surface area (Å²) in [5.41, 5.74) is 1.05. The Hall–Kier alpha value is -1.05. The van der Waals surface area contributed by atoms with Gasteiger partial charge in [-0.3, -0.25) is 0 Å². The lowest BCUT2D eigenvalue weighted by Gasteiger charge is -2.33. The zero-order valence-electron chi connectivity index (χ0n) is 10.2. The summed E-state index contributed by atoms with van der Waals surface area (Å²) in [7, 11) is 0. The SMILES string of the molecule is CC(C)C1(C)CCCOc2ccc(F)cc21. The number of ether oxygens (including phenoxy) is 1. The molecule has 0 spiro atoms. The van der Waals surface area contributed by atoms with Gasteiger partial charge in [0.05, 0.1) is 6.61 Å². The molecule has 0 fully saturated rings. The van der Waals surface area contributed by atoms with Gasteiger partial charge in [-0.2, -0.15) is 0 Å². The first-order chi connectivity index (χ1) is 7.54. The Morgan fingerprint density at radius 2 is 2.12 bits per heavy atom. The predicted molar refractivity (Wildman–Crippen MR) is 63.3 cm³/mol. The average molecular weight is 222 g/mol. The Kier molecular flexibility index (Phi) is 2.92. The zero-order chi connectivity index (χ0) is 11.8. The van der Waals surface area contributed by atoms with Crippen LogP contribution < -0.4 is 4.74 Å². The lowest BCUT2D eigenvalue weighted by Crippen LogP contribution is -2.28. The van der Waals surface area contributed by atoms with Gasteiger partial charge in [-0.05, 0) is 42.4 Å². The maximum Gasteiger partial charge on any atom is 0.123 e. The van der Waals surface area contributed by atoms with Crippen LogP contribution in [0.2, 0.25) is 0 Å². The first-order valence-electron chi connectivity index (χ1n) is 5.97. The van der Waals surface area contributed by atoms with Crippen LogP contribution in [-0.2, 0) is 5.41 Å². The van der Waals surface area contributed by atoms with Crippen molar-refractivity contribution in [2.75, 3.05) is 6.61 Å². The molecule has 0 bridgehead atoms. The molecule has 1 atom stereocenters. The molecular formula is C14H19FO. The van der Waals surface area contributed by atoms with Gasteiger partial charge in [-0.25, -0.2) is 4.39 Å². The second-order valence-electron chi connectivity index (χ2n) is 5.16. The highest BCUT2D eigenvalue weighted by atomic mass is 19.1. The summed E-state index contributed by atoms with van der Waals surface area (Å²) < 4.78 is 19.1. The van der Waals surface area contributed by atoms with E-state index in [1.807, 2.05) is 0 Å². The Balaban J connectivity index is 2.55. The molecular weight excluding hydrogens is 203 g/mol. The predicted octanol–water partition coefficient (Wildman–Crippen LogP) is 3.91. The molecule has 0 radical (unpaired) electrons. The van der Waals surface area contributed by atoms with Crippen LogP contribution in [0, 0.1) is 11.7 Å². The lowest BCUT2D eigenvalue weighted by atomic mass is 9.70. The van der Waals surface area contributed by atoms with E-state index in [9.17, 15) is 4.39 Å². The minimum absolute atomic E-state index is 0.0218. The molecule has 2 heteroatoms. The smallest absolute Gasteiger partial charge is 0.123 e. The molecule has 0 aliphatic carbocycles. The highest BCUT2D eigenvalue weighted by molar-refractivity contribution is 5.41. The minimum Gasteiger partial charge on any atom is -0.493 e. The Bertz CT molecular complexity index is 386. The fourth-order valence-corrected chi connectivity index (χ4v) is 2.43. The van der Waals surface area contributed by atoms with Crippen molar-refractivity contribution in [3.63, 3.8) is 0 Å². The first-order valence-corrected chi connectivity index (χ1v) is 5.97. The van der Waals surface area contributed by atoms with Gasteiger partial charge in [0.15, 0.2) is 0 Å². The number of rotatable bonds is 1. The number of halogens is 1. The van der Waals surface area contributed by atoms with Gasteiger partial charge < -0.3 is 4.74 Å². The second kappa shape index (κ2) is 4.08. The Labute approximate surface area is 96.6 Å². The van der Waals surface area contributed by atoms with Crippen LogP contribution in [0.3, 0.4) is 0 Å². The topological polar surface area (TPSA) is 9.23 Å². The molecule has 1 aromatic rings. The summed E-state index contributed by atoms with van der Waals surface area (Å²) in [6.45, 7) is 7.34. The van der Waals surface area contributed by atoms with Gasteiger partial charge in [-0.15, -0.1) is 0 Å². The standard InChI is InChI=1S/C14H19FO/c1-10(2)14(3)7-4-8-16-13-6-5-11(15)9-12(13)14/h5-6,9-10H,4,7-8H2,1-3H3. The molecule has 1 aromatic carbocycles. The van der Waals surface area contributed by atoms with Crippen LogP contribution in [0.15, 0.2) is 18.2 Å². The molecule has 0 saturated heterocycles. The average Bonchev–Trinajstić information content (AvgIpc) is 2.40. The van der Waals surface area contributed by atoms with Crippen molar-refractivity contribution in [1.29, 1.82) is 0 Å². The van der Waals surface area contributed by atoms with Crippen molar-refractivity contribution in [3.05, 3.63) is 29.6 Å². The molecule has 1 unspecified atom stereocenters. The van der Waals surface area contributed by atoms with E-state index in [1.54, 1.807) is 12.1 Å². The van der Waals surface area contributed by atoms with Crippen molar-refractivity contribution in [1.82, 2.24) is 0 Å².